The molecule has 25 heavy (non-hydrogen) atoms. The highest BCUT2D eigenvalue weighted by atomic mass is 16.5. The molecule has 0 aromatic rings. The van der Waals surface area contributed by atoms with Gasteiger partial charge in [0.15, 0.2) is 0 Å². The Morgan fingerprint density at radius 3 is 1.68 bits per heavy atom. The first kappa shape index (κ1) is 21.3. The first-order valence-electron chi connectivity index (χ1n) is 11.9. The first-order chi connectivity index (χ1) is 12.3. The van der Waals surface area contributed by atoms with Crippen molar-refractivity contribution in [1.82, 2.24) is 0 Å². The molecule has 2 saturated carbocycles. The van der Waals surface area contributed by atoms with Crippen molar-refractivity contribution in [1.29, 1.82) is 0 Å². The molecule has 0 aromatic heterocycles. The van der Waals surface area contributed by atoms with E-state index in [1.165, 1.54) is 77.0 Å². The monoisotopic (exact) mass is 350 g/mol. The van der Waals surface area contributed by atoms with E-state index in [0.29, 0.717) is 0 Å². The summed E-state index contributed by atoms with van der Waals surface area (Å²) in [5.74, 6) is 4.06. The molecule has 0 aliphatic heterocycles. The van der Waals surface area contributed by atoms with Crippen molar-refractivity contribution in [2.24, 2.45) is 23.7 Å². The van der Waals surface area contributed by atoms with E-state index in [-0.39, 0.29) is 0 Å². The lowest BCUT2D eigenvalue weighted by atomic mass is 9.69. The second kappa shape index (κ2) is 13.2. The van der Waals surface area contributed by atoms with Crippen LogP contribution in [0.25, 0.3) is 0 Å². The Bertz CT molecular complexity index is 297. The quantitative estimate of drug-likeness (QED) is 0.326. The average Bonchev–Trinajstić information content (AvgIpc) is 2.66. The zero-order chi connectivity index (χ0) is 17.7. The Labute approximate surface area is 158 Å². The third kappa shape index (κ3) is 8.46. The standard InChI is InChI=1S/C24H46O/c1-3-5-6-7-8-9-10-11-21-12-16-23(17-13-21)24-18-14-22(15-19-24)20-25-4-2/h21-24H,3-20H2,1-2H3. The minimum Gasteiger partial charge on any atom is -0.381 e. The average molecular weight is 351 g/mol. The van der Waals surface area contributed by atoms with Gasteiger partial charge >= 0.3 is 0 Å². The van der Waals surface area contributed by atoms with E-state index in [2.05, 4.69) is 13.8 Å². The fraction of sp³-hybridized carbons (Fsp3) is 1.00. The molecule has 0 atom stereocenters. The molecule has 0 radical (unpaired) electrons. The normalized spacial score (nSPS) is 30.5. The number of hydrogen-bond donors (Lipinski definition) is 0. The third-order valence-electron chi connectivity index (χ3n) is 7.22. The van der Waals surface area contributed by atoms with Gasteiger partial charge in [-0.25, -0.2) is 0 Å². The molecule has 0 bridgehead atoms. The van der Waals surface area contributed by atoms with Crippen molar-refractivity contribution in [3.8, 4) is 0 Å². The zero-order valence-corrected chi connectivity index (χ0v) is 17.4. The molecule has 2 aliphatic carbocycles. The van der Waals surface area contributed by atoms with E-state index >= 15 is 0 Å². The summed E-state index contributed by atoms with van der Waals surface area (Å²) in [6, 6.07) is 0. The van der Waals surface area contributed by atoms with Crippen molar-refractivity contribution in [2.75, 3.05) is 13.2 Å². The minimum atomic E-state index is 0.866. The van der Waals surface area contributed by atoms with E-state index in [1.54, 1.807) is 25.7 Å². The highest BCUT2D eigenvalue weighted by molar-refractivity contribution is 4.82. The fourth-order valence-corrected chi connectivity index (χ4v) is 5.45. The van der Waals surface area contributed by atoms with Crippen LogP contribution in [0.1, 0.15) is 117 Å². The molecule has 1 heteroatoms. The lowest BCUT2D eigenvalue weighted by Gasteiger charge is -2.38. The predicted octanol–water partition coefficient (Wildman–Crippen LogP) is 7.78. The maximum atomic E-state index is 5.64. The van der Waals surface area contributed by atoms with E-state index in [1.807, 2.05) is 0 Å². The van der Waals surface area contributed by atoms with Crippen LogP contribution < -0.4 is 0 Å². The molecule has 0 heterocycles. The largest absolute Gasteiger partial charge is 0.381 e. The molecule has 148 valence electrons. The van der Waals surface area contributed by atoms with Crippen molar-refractivity contribution < 1.29 is 4.74 Å². The summed E-state index contributed by atoms with van der Waals surface area (Å²) in [7, 11) is 0. The number of rotatable bonds is 12. The SMILES string of the molecule is CCCCCCCCCC1CCC(C2CCC(COCC)CC2)CC1. The van der Waals surface area contributed by atoms with Crippen LogP contribution in [0.3, 0.4) is 0 Å². The Morgan fingerprint density at radius 1 is 0.600 bits per heavy atom. The van der Waals surface area contributed by atoms with E-state index in [9.17, 15) is 0 Å². The molecule has 0 saturated heterocycles. The van der Waals surface area contributed by atoms with Crippen molar-refractivity contribution in [3.63, 3.8) is 0 Å². The molecule has 0 spiro atoms. The van der Waals surface area contributed by atoms with Crippen LogP contribution in [0, 0.1) is 23.7 Å². The number of unbranched alkanes of at least 4 members (excludes halogenated alkanes) is 6. The van der Waals surface area contributed by atoms with E-state index in [0.717, 1.165) is 36.9 Å². The van der Waals surface area contributed by atoms with Crippen LogP contribution in [-0.2, 0) is 4.74 Å². The maximum Gasteiger partial charge on any atom is 0.0494 e. The van der Waals surface area contributed by atoms with Crippen molar-refractivity contribution in [2.45, 2.75) is 117 Å². The van der Waals surface area contributed by atoms with Gasteiger partial charge in [-0.1, -0.05) is 71.1 Å². The Morgan fingerprint density at radius 2 is 1.12 bits per heavy atom. The van der Waals surface area contributed by atoms with Gasteiger partial charge in [-0.05, 0) is 69.1 Å². The topological polar surface area (TPSA) is 9.23 Å². The molecule has 2 rings (SSSR count). The van der Waals surface area contributed by atoms with Crippen LogP contribution in [0.4, 0.5) is 0 Å². The Balaban J connectivity index is 1.49. The van der Waals surface area contributed by atoms with Crippen LogP contribution >= 0.6 is 0 Å². The molecule has 0 aromatic carbocycles. The second-order valence-corrected chi connectivity index (χ2v) is 9.13. The summed E-state index contributed by atoms with van der Waals surface area (Å²) in [5, 5.41) is 0. The van der Waals surface area contributed by atoms with Crippen LogP contribution in [0.2, 0.25) is 0 Å². The molecule has 0 N–H and O–H groups in total. The van der Waals surface area contributed by atoms with Crippen LogP contribution in [0.15, 0.2) is 0 Å². The van der Waals surface area contributed by atoms with E-state index in [4.69, 9.17) is 4.74 Å². The molecule has 0 unspecified atom stereocenters. The fourth-order valence-electron chi connectivity index (χ4n) is 5.45. The number of hydrogen-bond acceptors (Lipinski definition) is 1. The highest BCUT2D eigenvalue weighted by Gasteiger charge is 2.30. The molecular formula is C24H46O. The van der Waals surface area contributed by atoms with Gasteiger partial charge in [0.1, 0.15) is 0 Å². The first-order valence-corrected chi connectivity index (χ1v) is 11.9. The van der Waals surface area contributed by atoms with Crippen molar-refractivity contribution in [3.05, 3.63) is 0 Å². The summed E-state index contributed by atoms with van der Waals surface area (Å²) in [6.45, 7) is 6.34. The minimum absolute atomic E-state index is 0.866. The molecule has 2 aliphatic rings. The molecular weight excluding hydrogens is 304 g/mol. The van der Waals surface area contributed by atoms with Gasteiger partial charge in [0.2, 0.25) is 0 Å². The van der Waals surface area contributed by atoms with Crippen LogP contribution in [-0.4, -0.2) is 13.2 Å². The lowest BCUT2D eigenvalue weighted by Crippen LogP contribution is -2.27. The van der Waals surface area contributed by atoms with Crippen molar-refractivity contribution >= 4 is 0 Å². The maximum absolute atomic E-state index is 5.64. The predicted molar refractivity (Wildman–Crippen MR) is 110 cm³/mol. The van der Waals surface area contributed by atoms with E-state index < -0.39 is 0 Å². The second-order valence-electron chi connectivity index (χ2n) is 9.13. The number of ether oxygens (including phenoxy) is 1. The summed E-state index contributed by atoms with van der Waals surface area (Å²) in [6.07, 6.45) is 23.8. The Hall–Kier alpha value is -0.0400. The van der Waals surface area contributed by atoms with Gasteiger partial charge in [0.05, 0.1) is 0 Å². The van der Waals surface area contributed by atoms with Crippen LogP contribution in [0.5, 0.6) is 0 Å². The van der Waals surface area contributed by atoms with Gasteiger partial charge in [-0.2, -0.15) is 0 Å². The Kier molecular flexibility index (Phi) is 11.2. The van der Waals surface area contributed by atoms with Gasteiger partial charge in [-0.3, -0.25) is 0 Å². The summed E-state index contributed by atoms with van der Waals surface area (Å²) >= 11 is 0. The van der Waals surface area contributed by atoms with Gasteiger partial charge in [0.25, 0.3) is 0 Å². The van der Waals surface area contributed by atoms with Gasteiger partial charge in [0, 0.05) is 13.2 Å². The third-order valence-corrected chi connectivity index (χ3v) is 7.22. The lowest BCUT2D eigenvalue weighted by molar-refractivity contribution is 0.0710. The summed E-state index contributed by atoms with van der Waals surface area (Å²) in [5.41, 5.74) is 0. The molecule has 2 fully saturated rings. The van der Waals surface area contributed by atoms with Gasteiger partial charge < -0.3 is 4.74 Å². The highest BCUT2D eigenvalue weighted by Crippen LogP contribution is 2.42. The molecule has 1 nitrogen and oxygen atoms in total. The molecule has 0 amide bonds. The van der Waals surface area contributed by atoms with Gasteiger partial charge in [-0.15, -0.1) is 0 Å². The summed E-state index contributed by atoms with van der Waals surface area (Å²) in [4.78, 5) is 0. The zero-order valence-electron chi connectivity index (χ0n) is 17.4. The summed E-state index contributed by atoms with van der Waals surface area (Å²) < 4.78 is 5.64. The smallest absolute Gasteiger partial charge is 0.0494 e.